The van der Waals surface area contributed by atoms with Gasteiger partial charge in [0.1, 0.15) is 0 Å². The SMILES string of the molecule is CN1C(=O)CCc2cc(C(=O)Nc3nc(C4CCNCC4)nn3C)ccc21.Cl. The Morgan fingerprint density at radius 3 is 2.71 bits per heavy atom. The molecule has 2 amide bonds. The fraction of sp³-hybridized carbons (Fsp3) is 0.474. The van der Waals surface area contributed by atoms with Crippen molar-refractivity contribution in [2.45, 2.75) is 31.6 Å². The molecule has 2 N–H and O–H groups in total. The molecule has 2 aliphatic rings. The van der Waals surface area contributed by atoms with Crippen LogP contribution in [0.2, 0.25) is 0 Å². The molecule has 0 spiro atoms. The van der Waals surface area contributed by atoms with Crippen LogP contribution in [-0.2, 0) is 18.3 Å². The van der Waals surface area contributed by atoms with Crippen LogP contribution in [0, 0.1) is 0 Å². The molecule has 0 aliphatic carbocycles. The van der Waals surface area contributed by atoms with Crippen molar-refractivity contribution < 1.29 is 9.59 Å². The van der Waals surface area contributed by atoms with E-state index in [-0.39, 0.29) is 24.2 Å². The molecule has 0 saturated carbocycles. The fourth-order valence-electron chi connectivity index (χ4n) is 3.74. The summed E-state index contributed by atoms with van der Waals surface area (Å²) in [4.78, 5) is 30.7. The molecule has 0 atom stereocenters. The van der Waals surface area contributed by atoms with Crippen molar-refractivity contribution in [3.63, 3.8) is 0 Å². The highest BCUT2D eigenvalue weighted by Crippen LogP contribution is 2.28. The molecule has 28 heavy (non-hydrogen) atoms. The van der Waals surface area contributed by atoms with Crippen LogP contribution in [0.1, 0.15) is 46.9 Å². The first-order valence-electron chi connectivity index (χ1n) is 9.35. The van der Waals surface area contributed by atoms with Gasteiger partial charge < -0.3 is 10.2 Å². The van der Waals surface area contributed by atoms with Gasteiger partial charge in [0.05, 0.1) is 0 Å². The van der Waals surface area contributed by atoms with Crippen LogP contribution in [0.3, 0.4) is 0 Å². The first-order valence-corrected chi connectivity index (χ1v) is 9.35. The van der Waals surface area contributed by atoms with E-state index in [4.69, 9.17) is 0 Å². The number of hydrogen-bond acceptors (Lipinski definition) is 5. The zero-order valence-electron chi connectivity index (χ0n) is 16.1. The predicted molar refractivity (Wildman–Crippen MR) is 109 cm³/mol. The molecular formula is C19H25ClN6O2. The summed E-state index contributed by atoms with van der Waals surface area (Å²) in [7, 11) is 3.56. The zero-order valence-corrected chi connectivity index (χ0v) is 16.9. The summed E-state index contributed by atoms with van der Waals surface area (Å²) < 4.78 is 1.63. The molecule has 150 valence electrons. The van der Waals surface area contributed by atoms with Crippen molar-refractivity contribution in [2.24, 2.45) is 7.05 Å². The summed E-state index contributed by atoms with van der Waals surface area (Å²) in [5.74, 6) is 1.47. The number of carbonyl (C=O) groups excluding carboxylic acids is 2. The maximum absolute atomic E-state index is 12.7. The summed E-state index contributed by atoms with van der Waals surface area (Å²) in [6, 6.07) is 5.43. The first-order chi connectivity index (χ1) is 13.0. The fourth-order valence-corrected chi connectivity index (χ4v) is 3.74. The Hall–Kier alpha value is -2.45. The Balaban J connectivity index is 0.00000225. The van der Waals surface area contributed by atoms with Crippen molar-refractivity contribution in [1.29, 1.82) is 0 Å². The zero-order chi connectivity index (χ0) is 19.0. The third kappa shape index (κ3) is 3.88. The number of piperidine rings is 1. The Kier molecular flexibility index (Phi) is 6.00. The maximum Gasteiger partial charge on any atom is 0.258 e. The van der Waals surface area contributed by atoms with E-state index < -0.39 is 0 Å². The summed E-state index contributed by atoms with van der Waals surface area (Å²) >= 11 is 0. The van der Waals surface area contributed by atoms with E-state index in [1.54, 1.807) is 29.7 Å². The lowest BCUT2D eigenvalue weighted by Crippen LogP contribution is -2.31. The number of nitrogens with zero attached hydrogens (tertiary/aromatic N) is 4. The molecule has 1 aromatic carbocycles. The minimum Gasteiger partial charge on any atom is -0.317 e. The highest BCUT2D eigenvalue weighted by atomic mass is 35.5. The molecule has 4 rings (SSSR count). The van der Waals surface area contributed by atoms with Gasteiger partial charge in [-0.1, -0.05) is 0 Å². The second-order valence-corrected chi connectivity index (χ2v) is 7.19. The van der Waals surface area contributed by atoms with Gasteiger partial charge >= 0.3 is 0 Å². The number of fused-ring (bicyclic) bond motifs is 1. The molecule has 0 radical (unpaired) electrons. The minimum atomic E-state index is -0.218. The van der Waals surface area contributed by atoms with E-state index in [2.05, 4.69) is 20.7 Å². The van der Waals surface area contributed by atoms with Gasteiger partial charge in [0.2, 0.25) is 11.9 Å². The number of carbonyl (C=O) groups is 2. The van der Waals surface area contributed by atoms with E-state index in [1.807, 2.05) is 12.1 Å². The van der Waals surface area contributed by atoms with Crippen molar-refractivity contribution >= 4 is 35.9 Å². The van der Waals surface area contributed by atoms with Gasteiger partial charge in [0.15, 0.2) is 5.82 Å². The van der Waals surface area contributed by atoms with Gasteiger partial charge in [-0.2, -0.15) is 10.1 Å². The Labute approximate surface area is 170 Å². The summed E-state index contributed by atoms with van der Waals surface area (Å²) in [5.41, 5.74) is 2.44. The molecule has 9 heteroatoms. The number of amides is 2. The van der Waals surface area contributed by atoms with Gasteiger partial charge in [-0.15, -0.1) is 12.4 Å². The second kappa shape index (κ2) is 8.28. The molecular weight excluding hydrogens is 380 g/mol. The number of halogens is 1. The number of aryl methyl sites for hydroxylation is 2. The van der Waals surface area contributed by atoms with Crippen molar-refractivity contribution in [2.75, 3.05) is 30.4 Å². The van der Waals surface area contributed by atoms with Crippen LogP contribution in [-0.4, -0.2) is 46.7 Å². The molecule has 1 aromatic heterocycles. The van der Waals surface area contributed by atoms with Gasteiger partial charge in [0, 0.05) is 37.7 Å². The predicted octanol–water partition coefficient (Wildman–Crippen LogP) is 1.87. The quantitative estimate of drug-likeness (QED) is 0.814. The van der Waals surface area contributed by atoms with Gasteiger partial charge in [0.25, 0.3) is 5.91 Å². The largest absolute Gasteiger partial charge is 0.317 e. The summed E-state index contributed by atoms with van der Waals surface area (Å²) in [5, 5.41) is 10.7. The molecule has 1 fully saturated rings. The number of anilines is 2. The molecule has 8 nitrogen and oxygen atoms in total. The van der Waals surface area contributed by atoms with E-state index in [0.29, 0.717) is 30.3 Å². The van der Waals surface area contributed by atoms with E-state index in [0.717, 1.165) is 43.0 Å². The molecule has 1 saturated heterocycles. The van der Waals surface area contributed by atoms with Crippen LogP contribution in [0.4, 0.5) is 11.6 Å². The topological polar surface area (TPSA) is 92.2 Å². The average Bonchev–Trinajstić information content (AvgIpc) is 3.05. The lowest BCUT2D eigenvalue weighted by Gasteiger charge is -2.26. The summed E-state index contributed by atoms with van der Waals surface area (Å²) in [6.45, 7) is 1.94. The Morgan fingerprint density at radius 2 is 1.96 bits per heavy atom. The van der Waals surface area contributed by atoms with E-state index in [1.165, 1.54) is 0 Å². The van der Waals surface area contributed by atoms with Crippen molar-refractivity contribution in [3.05, 3.63) is 35.2 Å². The highest BCUT2D eigenvalue weighted by molar-refractivity contribution is 6.04. The monoisotopic (exact) mass is 404 g/mol. The van der Waals surface area contributed by atoms with Crippen LogP contribution in [0.15, 0.2) is 18.2 Å². The third-order valence-corrected chi connectivity index (χ3v) is 5.39. The van der Waals surface area contributed by atoms with Crippen LogP contribution in [0.5, 0.6) is 0 Å². The lowest BCUT2D eigenvalue weighted by molar-refractivity contribution is -0.118. The number of rotatable bonds is 3. The van der Waals surface area contributed by atoms with E-state index in [9.17, 15) is 9.59 Å². The van der Waals surface area contributed by atoms with E-state index >= 15 is 0 Å². The normalized spacial score (nSPS) is 17.1. The first kappa shape index (κ1) is 20.3. The highest BCUT2D eigenvalue weighted by Gasteiger charge is 2.24. The number of hydrogen-bond donors (Lipinski definition) is 2. The Morgan fingerprint density at radius 1 is 1.21 bits per heavy atom. The second-order valence-electron chi connectivity index (χ2n) is 7.19. The maximum atomic E-state index is 12.7. The smallest absolute Gasteiger partial charge is 0.258 e. The van der Waals surface area contributed by atoms with Crippen LogP contribution in [0.25, 0.3) is 0 Å². The Bertz CT molecular complexity index is 891. The molecule has 0 bridgehead atoms. The third-order valence-electron chi connectivity index (χ3n) is 5.39. The standard InChI is InChI=1S/C19H24N6O2.ClH/c1-24-15-5-3-14(11-13(15)4-6-16(24)26)18(27)22-19-21-17(23-25(19)2)12-7-9-20-10-8-12;/h3,5,11-12,20H,4,6-10H2,1-2H3,(H,21,22,23,27);1H. The number of aromatic nitrogens is 3. The molecule has 2 aromatic rings. The number of benzene rings is 1. The average molecular weight is 405 g/mol. The van der Waals surface area contributed by atoms with Gasteiger partial charge in [-0.05, 0) is 56.1 Å². The number of nitrogens with one attached hydrogen (secondary N) is 2. The van der Waals surface area contributed by atoms with Crippen molar-refractivity contribution in [3.8, 4) is 0 Å². The minimum absolute atomic E-state index is 0. The van der Waals surface area contributed by atoms with Crippen LogP contribution < -0.4 is 15.5 Å². The molecule has 2 aliphatic heterocycles. The van der Waals surface area contributed by atoms with Crippen molar-refractivity contribution in [1.82, 2.24) is 20.1 Å². The molecule has 0 unspecified atom stereocenters. The van der Waals surface area contributed by atoms with Crippen LogP contribution >= 0.6 is 12.4 Å². The summed E-state index contributed by atoms with van der Waals surface area (Å²) in [6.07, 6.45) is 3.14. The van der Waals surface area contributed by atoms with Gasteiger partial charge in [-0.3, -0.25) is 14.9 Å². The molecule has 3 heterocycles. The lowest BCUT2D eigenvalue weighted by atomic mass is 9.98. The van der Waals surface area contributed by atoms with Gasteiger partial charge in [-0.25, -0.2) is 4.68 Å².